The summed E-state index contributed by atoms with van der Waals surface area (Å²) in [7, 11) is 0.314. The van der Waals surface area contributed by atoms with Crippen molar-refractivity contribution in [3.8, 4) is 6.07 Å². The first-order valence-electron chi connectivity index (χ1n) is 12.9. The van der Waals surface area contributed by atoms with Crippen molar-refractivity contribution in [2.75, 3.05) is 26.9 Å². The van der Waals surface area contributed by atoms with Gasteiger partial charge in [-0.25, -0.2) is 4.67 Å². The van der Waals surface area contributed by atoms with Crippen LogP contribution in [0.1, 0.15) is 86.0 Å². The molecule has 2 rings (SSSR count). The molecule has 0 spiro atoms. The number of rotatable bonds is 16. The Kier molecular flexibility index (Phi) is 13.7. The van der Waals surface area contributed by atoms with Crippen molar-refractivity contribution in [3.05, 3.63) is 0 Å². The molecule has 8 heteroatoms. The van der Waals surface area contributed by atoms with Crippen LogP contribution in [0, 0.1) is 17.2 Å². The molecule has 2 aliphatic rings. The Morgan fingerprint density at radius 2 is 1.76 bits per heavy atom. The number of hydrogen-bond donors (Lipinski definition) is 0. The molecule has 2 fully saturated rings. The smallest absolute Gasteiger partial charge is 0.259 e. The number of hydrogen-bond acceptors (Lipinski definition) is 7. The largest absolute Gasteiger partial charge is 0.382 e. The Labute approximate surface area is 203 Å². The van der Waals surface area contributed by atoms with Crippen LogP contribution < -0.4 is 0 Å². The molecule has 0 aromatic carbocycles. The SMILES string of the molecule is COC[C@H]1O[C@@H](C)C(OCCCCC2CCCC2)[C@H]1OP(OCCC#N)N(C(C)C)C(C)C. The fraction of sp³-hybridized carbons (Fsp3) is 0.960. The maximum absolute atomic E-state index is 8.99. The van der Waals surface area contributed by atoms with Crippen LogP contribution >= 0.6 is 8.53 Å². The molecule has 192 valence electrons. The van der Waals surface area contributed by atoms with Crippen molar-refractivity contribution in [1.82, 2.24) is 4.67 Å². The predicted molar refractivity (Wildman–Crippen MR) is 132 cm³/mol. The maximum atomic E-state index is 8.99. The molecule has 0 radical (unpaired) electrons. The fourth-order valence-electron chi connectivity index (χ4n) is 5.02. The highest BCUT2D eigenvalue weighted by Gasteiger charge is 2.47. The summed E-state index contributed by atoms with van der Waals surface area (Å²) in [4.78, 5) is 0. The summed E-state index contributed by atoms with van der Waals surface area (Å²) in [5.74, 6) is 0.924. The van der Waals surface area contributed by atoms with E-state index >= 15 is 0 Å². The third-order valence-electron chi connectivity index (χ3n) is 6.54. The number of nitriles is 1. The zero-order chi connectivity index (χ0) is 24.2. The van der Waals surface area contributed by atoms with Crippen LogP contribution in [0.15, 0.2) is 0 Å². The zero-order valence-corrected chi connectivity index (χ0v) is 22.6. The van der Waals surface area contributed by atoms with Gasteiger partial charge >= 0.3 is 0 Å². The Morgan fingerprint density at radius 3 is 2.36 bits per heavy atom. The van der Waals surface area contributed by atoms with Crippen molar-refractivity contribution < 1.29 is 23.3 Å². The minimum Gasteiger partial charge on any atom is -0.382 e. The van der Waals surface area contributed by atoms with Crippen molar-refractivity contribution >= 4 is 8.53 Å². The van der Waals surface area contributed by atoms with Crippen LogP contribution in [0.2, 0.25) is 0 Å². The first-order chi connectivity index (χ1) is 15.9. The Balaban J connectivity index is 2.01. The van der Waals surface area contributed by atoms with Crippen molar-refractivity contribution in [2.24, 2.45) is 5.92 Å². The number of unbranched alkanes of at least 4 members (excludes halogenated alkanes) is 1. The van der Waals surface area contributed by atoms with Gasteiger partial charge in [-0.05, 0) is 47.0 Å². The zero-order valence-electron chi connectivity index (χ0n) is 21.7. The standard InChI is InChI=1S/C25H47N2O5P/c1-19(2)27(20(3)4)33(30-17-11-15-26)32-25-23(18-28-6)31-21(5)24(25)29-16-10-9-14-22-12-7-8-13-22/h19-25H,7-14,16-18H2,1-6H3/t21-,23+,24?,25-,33?/m0/s1. The van der Waals surface area contributed by atoms with Crippen LogP contribution in [0.3, 0.4) is 0 Å². The third kappa shape index (κ3) is 9.33. The van der Waals surface area contributed by atoms with Gasteiger partial charge in [0.15, 0.2) is 0 Å². The van der Waals surface area contributed by atoms with Gasteiger partial charge in [-0.1, -0.05) is 38.5 Å². The van der Waals surface area contributed by atoms with Gasteiger partial charge in [0.2, 0.25) is 0 Å². The van der Waals surface area contributed by atoms with Crippen molar-refractivity contribution in [3.63, 3.8) is 0 Å². The van der Waals surface area contributed by atoms with Gasteiger partial charge in [-0.2, -0.15) is 5.26 Å². The van der Waals surface area contributed by atoms with Gasteiger partial charge in [-0.15, -0.1) is 0 Å². The van der Waals surface area contributed by atoms with Gasteiger partial charge < -0.3 is 23.3 Å². The fourth-order valence-corrected chi connectivity index (χ4v) is 6.79. The minimum atomic E-state index is -1.37. The summed E-state index contributed by atoms with van der Waals surface area (Å²) >= 11 is 0. The normalized spacial score (nSPS) is 27.2. The molecule has 5 atom stereocenters. The average Bonchev–Trinajstić information content (AvgIpc) is 3.36. The highest BCUT2D eigenvalue weighted by atomic mass is 31.2. The lowest BCUT2D eigenvalue weighted by Crippen LogP contribution is -2.41. The van der Waals surface area contributed by atoms with E-state index in [1.807, 2.05) is 0 Å². The second-order valence-corrected chi connectivity index (χ2v) is 11.3. The summed E-state index contributed by atoms with van der Waals surface area (Å²) in [5, 5.41) is 8.99. The van der Waals surface area contributed by atoms with Gasteiger partial charge in [0.05, 0.1) is 31.8 Å². The van der Waals surface area contributed by atoms with Crippen LogP contribution in [0.4, 0.5) is 0 Å². The van der Waals surface area contributed by atoms with E-state index in [1.165, 1.54) is 38.5 Å². The number of nitrogens with zero attached hydrogens (tertiary/aromatic N) is 2. The first-order valence-corrected chi connectivity index (χ1v) is 14.0. The lowest BCUT2D eigenvalue weighted by molar-refractivity contribution is -0.0304. The number of methoxy groups -OCH3 is 1. The van der Waals surface area contributed by atoms with Crippen LogP contribution in [-0.4, -0.2) is 68.1 Å². The molecule has 0 aromatic heterocycles. The van der Waals surface area contributed by atoms with E-state index in [0.717, 1.165) is 18.9 Å². The molecule has 0 bridgehead atoms. The van der Waals surface area contributed by atoms with E-state index in [4.69, 9.17) is 28.5 Å². The summed E-state index contributed by atoms with van der Waals surface area (Å²) in [6.07, 6.45) is 8.84. The first kappa shape index (κ1) is 28.9. The second-order valence-electron chi connectivity index (χ2n) is 9.93. The second kappa shape index (κ2) is 15.6. The Bertz CT molecular complexity index is 559. The van der Waals surface area contributed by atoms with Crippen molar-refractivity contribution in [2.45, 2.75) is 122 Å². The summed E-state index contributed by atoms with van der Waals surface area (Å²) in [6, 6.07) is 2.65. The Hall–Kier alpha value is -0.320. The molecule has 33 heavy (non-hydrogen) atoms. The van der Waals surface area contributed by atoms with Crippen LogP contribution in [0.25, 0.3) is 0 Å². The summed E-state index contributed by atoms with van der Waals surface area (Å²) in [6.45, 7) is 12.1. The van der Waals surface area contributed by atoms with Crippen molar-refractivity contribution in [1.29, 1.82) is 5.26 Å². The topological polar surface area (TPSA) is 73.2 Å². The molecule has 1 saturated carbocycles. The quantitative estimate of drug-likeness (QED) is 0.201. The molecular formula is C25H47N2O5P. The summed E-state index contributed by atoms with van der Waals surface area (Å²) in [5.41, 5.74) is 0. The lowest BCUT2D eigenvalue weighted by Gasteiger charge is -2.38. The van der Waals surface area contributed by atoms with Gasteiger partial charge in [0.25, 0.3) is 8.53 Å². The molecule has 1 aliphatic carbocycles. The highest BCUT2D eigenvalue weighted by Crippen LogP contribution is 2.49. The average molecular weight is 487 g/mol. The monoisotopic (exact) mass is 486 g/mol. The van der Waals surface area contributed by atoms with E-state index < -0.39 is 8.53 Å². The van der Waals surface area contributed by atoms with Crippen LogP contribution in [0.5, 0.6) is 0 Å². The molecular weight excluding hydrogens is 439 g/mol. The lowest BCUT2D eigenvalue weighted by atomic mass is 10.0. The Morgan fingerprint density at radius 1 is 1.06 bits per heavy atom. The van der Waals surface area contributed by atoms with Crippen LogP contribution in [-0.2, 0) is 23.3 Å². The molecule has 0 amide bonds. The van der Waals surface area contributed by atoms with Gasteiger partial charge in [-0.3, -0.25) is 0 Å². The van der Waals surface area contributed by atoms with Gasteiger partial charge in [0.1, 0.15) is 18.3 Å². The maximum Gasteiger partial charge on any atom is 0.259 e. The van der Waals surface area contributed by atoms with E-state index in [1.54, 1.807) is 7.11 Å². The summed E-state index contributed by atoms with van der Waals surface area (Å²) < 4.78 is 33.1. The molecule has 1 saturated heterocycles. The van der Waals surface area contributed by atoms with E-state index in [-0.39, 0.29) is 36.5 Å². The molecule has 0 aromatic rings. The highest BCUT2D eigenvalue weighted by molar-refractivity contribution is 7.44. The molecule has 0 N–H and O–H groups in total. The van der Waals surface area contributed by atoms with E-state index in [0.29, 0.717) is 19.6 Å². The minimum absolute atomic E-state index is 0.0764. The molecule has 7 nitrogen and oxygen atoms in total. The van der Waals surface area contributed by atoms with E-state index in [9.17, 15) is 0 Å². The number of ether oxygens (including phenoxy) is 3. The van der Waals surface area contributed by atoms with Gasteiger partial charge in [0, 0.05) is 25.8 Å². The molecule has 1 heterocycles. The molecule has 2 unspecified atom stereocenters. The third-order valence-corrected chi connectivity index (χ3v) is 8.67. The van der Waals surface area contributed by atoms with E-state index in [2.05, 4.69) is 45.4 Å². The molecule has 1 aliphatic heterocycles. The predicted octanol–water partition coefficient (Wildman–Crippen LogP) is 5.83.